The minimum absolute atomic E-state index is 0.142. The highest BCUT2D eigenvalue weighted by Gasteiger charge is 2.42. The standard InChI is InChI=1S/C14H22N2O2S/c1-14(2,3)19(17)16-9-5-6-12(16)11-10-15-8-7-13(11)18-4/h7-8,10,12H,5-6,9H2,1-4H3/t12-,19+/m1/s1. The van der Waals surface area contributed by atoms with Gasteiger partial charge in [0.15, 0.2) is 0 Å². The average molecular weight is 282 g/mol. The van der Waals surface area contributed by atoms with E-state index in [0.29, 0.717) is 0 Å². The fourth-order valence-corrected chi connectivity index (χ4v) is 3.88. The summed E-state index contributed by atoms with van der Waals surface area (Å²) < 4.78 is 19.9. The van der Waals surface area contributed by atoms with Crippen molar-refractivity contribution < 1.29 is 9.29 Å². The lowest BCUT2D eigenvalue weighted by Crippen LogP contribution is -2.42. The second-order valence-electron chi connectivity index (χ2n) is 5.78. The fraction of sp³-hybridized carbons (Fsp3) is 0.643. The van der Waals surface area contributed by atoms with Crippen LogP contribution in [0, 0.1) is 0 Å². The third kappa shape index (κ3) is 3.04. The van der Waals surface area contributed by atoms with E-state index in [9.17, 15) is 4.55 Å². The lowest BCUT2D eigenvalue weighted by atomic mass is 10.1. The van der Waals surface area contributed by atoms with Gasteiger partial charge in [-0.2, -0.15) is 0 Å². The maximum Gasteiger partial charge on any atom is 0.137 e. The maximum atomic E-state index is 12.6. The van der Waals surface area contributed by atoms with Gasteiger partial charge >= 0.3 is 0 Å². The van der Waals surface area contributed by atoms with Gasteiger partial charge in [-0.05, 0) is 39.7 Å². The number of pyridine rings is 1. The van der Waals surface area contributed by atoms with E-state index in [-0.39, 0.29) is 10.8 Å². The molecular formula is C14H22N2O2S. The van der Waals surface area contributed by atoms with Crippen LogP contribution in [0.25, 0.3) is 0 Å². The summed E-state index contributed by atoms with van der Waals surface area (Å²) in [6.45, 7) is 6.91. The molecule has 0 aliphatic carbocycles. The van der Waals surface area contributed by atoms with Crippen LogP contribution >= 0.6 is 0 Å². The van der Waals surface area contributed by atoms with E-state index < -0.39 is 11.4 Å². The average Bonchev–Trinajstić information content (AvgIpc) is 2.85. The predicted octanol–water partition coefficient (Wildman–Crippen LogP) is 2.69. The summed E-state index contributed by atoms with van der Waals surface area (Å²) in [7, 11) is 1.67. The molecule has 0 aromatic carbocycles. The third-order valence-electron chi connectivity index (χ3n) is 3.33. The van der Waals surface area contributed by atoms with Gasteiger partial charge in [0, 0.05) is 35.9 Å². The Hall–Kier alpha value is -0.780. The van der Waals surface area contributed by atoms with Crippen LogP contribution in [0.1, 0.15) is 45.2 Å². The largest absolute Gasteiger partial charge is 0.597 e. The van der Waals surface area contributed by atoms with Crippen LogP contribution < -0.4 is 4.74 Å². The molecule has 0 unspecified atom stereocenters. The zero-order valence-corrected chi connectivity index (χ0v) is 12.9. The van der Waals surface area contributed by atoms with E-state index in [0.717, 1.165) is 30.7 Å². The van der Waals surface area contributed by atoms with Crippen molar-refractivity contribution in [1.29, 1.82) is 0 Å². The van der Waals surface area contributed by atoms with E-state index in [1.165, 1.54) is 0 Å². The quantitative estimate of drug-likeness (QED) is 0.800. The minimum atomic E-state index is -1.00. The molecule has 5 heteroatoms. The van der Waals surface area contributed by atoms with Gasteiger partial charge in [0.25, 0.3) is 0 Å². The Morgan fingerprint density at radius 1 is 1.47 bits per heavy atom. The van der Waals surface area contributed by atoms with Crippen LogP contribution in [0.5, 0.6) is 5.75 Å². The van der Waals surface area contributed by atoms with Crippen molar-refractivity contribution >= 4 is 11.4 Å². The summed E-state index contributed by atoms with van der Waals surface area (Å²) in [5, 5.41) is 0. The molecule has 0 saturated carbocycles. The maximum absolute atomic E-state index is 12.6. The first-order valence-corrected chi connectivity index (χ1v) is 7.72. The summed E-state index contributed by atoms with van der Waals surface area (Å²) in [6.07, 6.45) is 5.62. The number of ether oxygens (including phenoxy) is 1. The first kappa shape index (κ1) is 14.6. The van der Waals surface area contributed by atoms with Crippen LogP contribution in [0.4, 0.5) is 0 Å². The van der Waals surface area contributed by atoms with Gasteiger partial charge in [0.05, 0.1) is 13.2 Å². The highest BCUT2D eigenvalue weighted by atomic mass is 32.2. The van der Waals surface area contributed by atoms with Gasteiger partial charge in [-0.3, -0.25) is 4.98 Å². The summed E-state index contributed by atoms with van der Waals surface area (Å²) in [4.78, 5) is 4.19. The van der Waals surface area contributed by atoms with E-state index >= 15 is 0 Å². The molecule has 1 aliphatic rings. The molecule has 19 heavy (non-hydrogen) atoms. The lowest BCUT2D eigenvalue weighted by Gasteiger charge is -2.33. The van der Waals surface area contributed by atoms with Crippen molar-refractivity contribution in [2.75, 3.05) is 13.7 Å². The van der Waals surface area contributed by atoms with Crippen LogP contribution in [0.3, 0.4) is 0 Å². The molecule has 1 aliphatic heterocycles. The normalized spacial score (nSPS) is 22.5. The molecule has 106 valence electrons. The molecule has 0 amide bonds. The minimum Gasteiger partial charge on any atom is -0.597 e. The number of hydrogen-bond acceptors (Lipinski definition) is 4. The van der Waals surface area contributed by atoms with Crippen LogP contribution in [0.15, 0.2) is 18.5 Å². The summed E-state index contributed by atoms with van der Waals surface area (Å²) in [5.74, 6) is 0.831. The molecule has 1 saturated heterocycles. The zero-order chi connectivity index (χ0) is 14.0. The highest BCUT2D eigenvalue weighted by molar-refractivity contribution is 7.90. The van der Waals surface area contributed by atoms with Crippen molar-refractivity contribution in [3.8, 4) is 5.75 Å². The molecule has 1 aromatic rings. The van der Waals surface area contributed by atoms with E-state index in [1.807, 2.05) is 33.0 Å². The number of hydrogen-bond donors (Lipinski definition) is 0. The fourth-order valence-electron chi connectivity index (χ4n) is 2.43. The smallest absolute Gasteiger partial charge is 0.137 e. The molecule has 0 spiro atoms. The Bertz CT molecular complexity index is 434. The molecular weight excluding hydrogens is 260 g/mol. The van der Waals surface area contributed by atoms with Crippen molar-refractivity contribution in [1.82, 2.24) is 9.29 Å². The van der Waals surface area contributed by atoms with Gasteiger partial charge in [-0.15, -0.1) is 4.31 Å². The lowest BCUT2D eigenvalue weighted by molar-refractivity contribution is 0.357. The first-order valence-electron chi connectivity index (χ1n) is 6.61. The highest BCUT2D eigenvalue weighted by Crippen LogP contribution is 2.40. The predicted molar refractivity (Wildman–Crippen MR) is 77.4 cm³/mol. The van der Waals surface area contributed by atoms with E-state index in [1.54, 1.807) is 13.3 Å². The van der Waals surface area contributed by atoms with Crippen molar-refractivity contribution in [2.24, 2.45) is 0 Å². The third-order valence-corrected chi connectivity index (χ3v) is 5.24. The topological polar surface area (TPSA) is 48.4 Å². The Balaban J connectivity index is 2.28. The van der Waals surface area contributed by atoms with Crippen molar-refractivity contribution in [3.05, 3.63) is 24.0 Å². The van der Waals surface area contributed by atoms with E-state index in [2.05, 4.69) is 9.29 Å². The Labute approximate surface area is 118 Å². The first-order chi connectivity index (χ1) is 8.95. The molecule has 0 radical (unpaired) electrons. The summed E-state index contributed by atoms with van der Waals surface area (Å²) in [5.41, 5.74) is 1.04. The number of methoxy groups -OCH3 is 1. The summed E-state index contributed by atoms with van der Waals surface area (Å²) in [6, 6.07) is 2.01. The van der Waals surface area contributed by atoms with Gasteiger partial charge in [0.2, 0.25) is 0 Å². The monoisotopic (exact) mass is 282 g/mol. The number of aromatic nitrogens is 1. The molecule has 4 nitrogen and oxygen atoms in total. The molecule has 2 atom stereocenters. The van der Waals surface area contributed by atoms with Crippen LogP contribution in [0.2, 0.25) is 0 Å². The van der Waals surface area contributed by atoms with Gasteiger partial charge < -0.3 is 9.29 Å². The van der Waals surface area contributed by atoms with Crippen LogP contribution in [-0.2, 0) is 11.4 Å². The van der Waals surface area contributed by atoms with Gasteiger partial charge in [-0.25, -0.2) is 0 Å². The molecule has 2 heterocycles. The molecule has 0 bridgehead atoms. The Morgan fingerprint density at radius 2 is 2.21 bits per heavy atom. The van der Waals surface area contributed by atoms with Crippen LogP contribution in [-0.4, -0.2) is 32.2 Å². The van der Waals surface area contributed by atoms with Crippen molar-refractivity contribution in [2.45, 2.75) is 44.4 Å². The SMILES string of the molecule is COc1ccncc1[C@H]1CCCN1[S@@+]([O-])C(C)(C)C. The molecule has 1 aromatic heterocycles. The molecule has 2 rings (SSSR count). The van der Waals surface area contributed by atoms with E-state index in [4.69, 9.17) is 4.74 Å². The number of rotatable bonds is 3. The number of nitrogens with zero attached hydrogens (tertiary/aromatic N) is 2. The molecule has 0 N–H and O–H groups in total. The second kappa shape index (κ2) is 5.69. The Kier molecular flexibility index (Phi) is 4.38. The van der Waals surface area contributed by atoms with Gasteiger partial charge in [0.1, 0.15) is 10.5 Å². The summed E-state index contributed by atoms with van der Waals surface area (Å²) >= 11 is -1.00. The zero-order valence-electron chi connectivity index (χ0n) is 12.0. The van der Waals surface area contributed by atoms with Crippen molar-refractivity contribution in [3.63, 3.8) is 0 Å². The second-order valence-corrected chi connectivity index (χ2v) is 7.97. The Morgan fingerprint density at radius 3 is 2.84 bits per heavy atom. The molecule has 1 fully saturated rings. The van der Waals surface area contributed by atoms with Gasteiger partial charge in [-0.1, -0.05) is 0 Å².